The van der Waals surface area contributed by atoms with Crippen molar-refractivity contribution < 1.29 is 5.11 Å². The maximum Gasteiger partial charge on any atom is 0.0776 e. The van der Waals surface area contributed by atoms with Gasteiger partial charge in [0, 0.05) is 23.8 Å². The summed E-state index contributed by atoms with van der Waals surface area (Å²) in [6, 6.07) is 5.80. The summed E-state index contributed by atoms with van der Waals surface area (Å²) in [6.07, 6.45) is -0.511. The van der Waals surface area contributed by atoms with Crippen molar-refractivity contribution in [2.24, 2.45) is 0 Å². The molecule has 1 aromatic carbocycles. The van der Waals surface area contributed by atoms with Gasteiger partial charge in [0.25, 0.3) is 0 Å². The number of anilines is 1. The fraction of sp³-hybridized carbons (Fsp3) is 0.500. The van der Waals surface area contributed by atoms with Gasteiger partial charge in [-0.3, -0.25) is 0 Å². The summed E-state index contributed by atoms with van der Waals surface area (Å²) in [5.41, 5.74) is 1.89. The minimum absolute atomic E-state index is 0.511. The van der Waals surface area contributed by atoms with Gasteiger partial charge in [-0.05, 0) is 38.5 Å². The first-order valence-electron chi connectivity index (χ1n) is 5.32. The van der Waals surface area contributed by atoms with E-state index in [2.05, 4.69) is 18.7 Å². The van der Waals surface area contributed by atoms with Gasteiger partial charge in [-0.25, -0.2) is 0 Å². The fourth-order valence-corrected chi connectivity index (χ4v) is 1.97. The molecule has 3 heteroatoms. The molecule has 1 aromatic rings. The van der Waals surface area contributed by atoms with Crippen LogP contribution in [-0.4, -0.2) is 18.2 Å². The molecular formula is C12H18ClNO. The van der Waals surface area contributed by atoms with Crippen molar-refractivity contribution in [3.63, 3.8) is 0 Å². The molecule has 1 atom stereocenters. The highest BCUT2D eigenvalue weighted by atomic mass is 35.5. The number of nitrogens with zero attached hydrogens (tertiary/aromatic N) is 1. The van der Waals surface area contributed by atoms with Crippen molar-refractivity contribution in [3.05, 3.63) is 28.8 Å². The fourth-order valence-electron chi connectivity index (χ4n) is 1.64. The van der Waals surface area contributed by atoms with Crippen LogP contribution >= 0.6 is 11.6 Å². The van der Waals surface area contributed by atoms with Crippen LogP contribution in [0.5, 0.6) is 0 Å². The van der Waals surface area contributed by atoms with Gasteiger partial charge in [0.05, 0.1) is 6.10 Å². The van der Waals surface area contributed by atoms with Crippen LogP contribution in [0.3, 0.4) is 0 Å². The number of aliphatic hydroxyl groups excluding tert-OH is 1. The molecule has 1 N–H and O–H groups in total. The van der Waals surface area contributed by atoms with E-state index in [-0.39, 0.29) is 0 Å². The third-order valence-corrected chi connectivity index (χ3v) is 2.89. The molecule has 0 saturated heterocycles. The molecule has 2 nitrogen and oxygen atoms in total. The van der Waals surface area contributed by atoms with E-state index in [1.807, 2.05) is 18.2 Å². The largest absolute Gasteiger partial charge is 0.389 e. The molecule has 0 aromatic heterocycles. The van der Waals surface area contributed by atoms with Crippen molar-refractivity contribution in [1.82, 2.24) is 0 Å². The minimum Gasteiger partial charge on any atom is -0.389 e. The first-order valence-corrected chi connectivity index (χ1v) is 5.70. The minimum atomic E-state index is -0.511. The first-order chi connectivity index (χ1) is 7.10. The summed E-state index contributed by atoms with van der Waals surface area (Å²) < 4.78 is 0. The van der Waals surface area contributed by atoms with Gasteiger partial charge in [0.2, 0.25) is 0 Å². The molecule has 0 spiro atoms. The Morgan fingerprint density at radius 3 is 2.33 bits per heavy atom. The number of rotatable bonds is 4. The van der Waals surface area contributed by atoms with Crippen molar-refractivity contribution in [2.45, 2.75) is 26.9 Å². The predicted octanol–water partition coefficient (Wildman–Crippen LogP) is 3.24. The van der Waals surface area contributed by atoms with Crippen LogP contribution in [0.2, 0.25) is 5.02 Å². The van der Waals surface area contributed by atoms with Gasteiger partial charge >= 0.3 is 0 Å². The third-order valence-electron chi connectivity index (χ3n) is 2.56. The Bertz CT molecular complexity index is 321. The zero-order valence-electron chi connectivity index (χ0n) is 9.50. The Morgan fingerprint density at radius 2 is 1.93 bits per heavy atom. The zero-order valence-corrected chi connectivity index (χ0v) is 10.3. The van der Waals surface area contributed by atoms with E-state index >= 15 is 0 Å². The molecule has 0 fully saturated rings. The smallest absolute Gasteiger partial charge is 0.0776 e. The summed E-state index contributed by atoms with van der Waals surface area (Å²) in [5, 5.41) is 10.1. The third kappa shape index (κ3) is 2.86. The Labute approximate surface area is 96.5 Å². The highest BCUT2D eigenvalue weighted by Gasteiger charge is 2.09. The van der Waals surface area contributed by atoms with Crippen molar-refractivity contribution in [2.75, 3.05) is 18.0 Å². The topological polar surface area (TPSA) is 23.5 Å². The van der Waals surface area contributed by atoms with Gasteiger partial charge in [0.15, 0.2) is 0 Å². The molecule has 1 rings (SSSR count). The standard InChI is InChI=1S/C12H18ClNO/c1-4-14(5-2)10-6-7-11(9(3)15)12(13)8-10/h6-9,15H,4-5H2,1-3H3. The van der Waals surface area contributed by atoms with Crippen LogP contribution in [0.1, 0.15) is 32.4 Å². The van der Waals surface area contributed by atoms with E-state index in [9.17, 15) is 5.11 Å². The van der Waals surface area contributed by atoms with E-state index in [4.69, 9.17) is 11.6 Å². The lowest BCUT2D eigenvalue weighted by molar-refractivity contribution is 0.199. The van der Waals surface area contributed by atoms with E-state index in [1.54, 1.807) is 6.92 Å². The summed E-state index contributed by atoms with van der Waals surface area (Å²) in [5.74, 6) is 0. The van der Waals surface area contributed by atoms with E-state index < -0.39 is 6.10 Å². The molecule has 1 unspecified atom stereocenters. The lowest BCUT2D eigenvalue weighted by Crippen LogP contribution is -2.21. The Hall–Kier alpha value is -0.730. The van der Waals surface area contributed by atoms with Crippen LogP contribution < -0.4 is 4.90 Å². The van der Waals surface area contributed by atoms with Crippen LogP contribution in [0.15, 0.2) is 18.2 Å². The number of halogens is 1. The van der Waals surface area contributed by atoms with Crippen LogP contribution in [-0.2, 0) is 0 Å². The Kier molecular flexibility index (Phi) is 4.43. The Balaban J connectivity index is 3.00. The molecular weight excluding hydrogens is 210 g/mol. The molecule has 0 heterocycles. The molecule has 0 radical (unpaired) electrons. The average molecular weight is 228 g/mol. The second kappa shape index (κ2) is 5.38. The summed E-state index contributed by atoms with van der Waals surface area (Å²) in [7, 11) is 0. The molecule has 0 aliphatic heterocycles. The summed E-state index contributed by atoms with van der Waals surface area (Å²) >= 11 is 6.10. The van der Waals surface area contributed by atoms with E-state index in [1.165, 1.54) is 0 Å². The Morgan fingerprint density at radius 1 is 1.33 bits per heavy atom. The average Bonchev–Trinajstić information content (AvgIpc) is 2.19. The molecule has 84 valence electrons. The van der Waals surface area contributed by atoms with Gasteiger partial charge in [0.1, 0.15) is 0 Å². The van der Waals surface area contributed by atoms with Gasteiger partial charge < -0.3 is 10.0 Å². The van der Waals surface area contributed by atoms with E-state index in [0.29, 0.717) is 5.02 Å². The van der Waals surface area contributed by atoms with Crippen LogP contribution in [0, 0.1) is 0 Å². The molecule has 0 bridgehead atoms. The highest BCUT2D eigenvalue weighted by Crippen LogP contribution is 2.27. The molecule has 0 aliphatic rings. The lowest BCUT2D eigenvalue weighted by Gasteiger charge is -2.22. The zero-order chi connectivity index (χ0) is 11.4. The molecule has 0 aliphatic carbocycles. The number of aliphatic hydroxyl groups is 1. The maximum absolute atomic E-state index is 9.45. The summed E-state index contributed by atoms with van der Waals surface area (Å²) in [4.78, 5) is 2.22. The second-order valence-corrected chi connectivity index (χ2v) is 3.96. The number of benzene rings is 1. The molecule has 0 saturated carbocycles. The summed E-state index contributed by atoms with van der Waals surface area (Å²) in [6.45, 7) is 7.86. The maximum atomic E-state index is 9.45. The monoisotopic (exact) mass is 227 g/mol. The first kappa shape index (κ1) is 12.3. The second-order valence-electron chi connectivity index (χ2n) is 3.55. The normalized spacial score (nSPS) is 12.6. The predicted molar refractivity (Wildman–Crippen MR) is 65.6 cm³/mol. The molecule has 0 amide bonds. The number of hydrogen-bond donors (Lipinski definition) is 1. The van der Waals surface area contributed by atoms with Crippen molar-refractivity contribution in [1.29, 1.82) is 0 Å². The van der Waals surface area contributed by atoms with Gasteiger partial charge in [-0.1, -0.05) is 17.7 Å². The highest BCUT2D eigenvalue weighted by molar-refractivity contribution is 6.31. The van der Waals surface area contributed by atoms with Crippen LogP contribution in [0.4, 0.5) is 5.69 Å². The van der Waals surface area contributed by atoms with Crippen molar-refractivity contribution >= 4 is 17.3 Å². The number of hydrogen-bond acceptors (Lipinski definition) is 2. The lowest BCUT2D eigenvalue weighted by atomic mass is 10.1. The SMILES string of the molecule is CCN(CC)c1ccc(C(C)O)c(Cl)c1. The quantitative estimate of drug-likeness (QED) is 0.854. The molecule has 15 heavy (non-hydrogen) atoms. The van der Waals surface area contributed by atoms with Gasteiger partial charge in [-0.2, -0.15) is 0 Å². The van der Waals surface area contributed by atoms with Crippen molar-refractivity contribution in [3.8, 4) is 0 Å². The van der Waals surface area contributed by atoms with Gasteiger partial charge in [-0.15, -0.1) is 0 Å². The van der Waals surface area contributed by atoms with Crippen LogP contribution in [0.25, 0.3) is 0 Å². The van der Waals surface area contributed by atoms with E-state index in [0.717, 1.165) is 24.3 Å².